The molecule has 170 valence electrons. The number of fused-ring (bicyclic) bond motifs is 1. The molecule has 13 heteroatoms. The zero-order chi connectivity index (χ0) is 23.0. The van der Waals surface area contributed by atoms with Crippen molar-refractivity contribution in [3.8, 4) is 0 Å². The Morgan fingerprint density at radius 2 is 2.06 bits per heavy atom. The summed E-state index contributed by atoms with van der Waals surface area (Å²) in [6.07, 6.45) is -1.05. The molecule has 1 aromatic carbocycles. The Morgan fingerprint density at radius 3 is 2.84 bits per heavy atom. The number of hydrogen-bond donors (Lipinski definition) is 4. The van der Waals surface area contributed by atoms with E-state index >= 15 is 0 Å². The van der Waals surface area contributed by atoms with Crippen LogP contribution in [0.1, 0.15) is 16.1 Å². The monoisotopic (exact) mass is 452 g/mol. The second-order valence-electron chi connectivity index (χ2n) is 7.39. The van der Waals surface area contributed by atoms with Gasteiger partial charge in [-0.1, -0.05) is 0 Å². The average molecular weight is 452 g/mol. The average Bonchev–Trinajstić information content (AvgIpc) is 3.19. The lowest BCUT2D eigenvalue weighted by Crippen LogP contribution is -2.51. The van der Waals surface area contributed by atoms with Crippen molar-refractivity contribution in [2.45, 2.75) is 24.8 Å². The van der Waals surface area contributed by atoms with Crippen molar-refractivity contribution in [2.24, 2.45) is 0 Å². The van der Waals surface area contributed by atoms with Crippen molar-refractivity contribution < 1.29 is 32.9 Å². The lowest BCUT2D eigenvalue weighted by molar-refractivity contribution is -0.0923. The minimum Gasteiger partial charge on any atom is -0.388 e. The van der Waals surface area contributed by atoms with Gasteiger partial charge in [0.25, 0.3) is 5.91 Å². The van der Waals surface area contributed by atoms with Crippen molar-refractivity contribution >= 4 is 22.8 Å². The van der Waals surface area contributed by atoms with Gasteiger partial charge in [0.15, 0.2) is 17.3 Å². The van der Waals surface area contributed by atoms with Gasteiger partial charge in [0, 0.05) is 25.2 Å². The van der Waals surface area contributed by atoms with E-state index in [0.717, 1.165) is 11.0 Å². The van der Waals surface area contributed by atoms with Crippen molar-refractivity contribution in [1.29, 1.82) is 0 Å². The number of aliphatic hydroxyl groups excluding tert-OH is 2. The van der Waals surface area contributed by atoms with Gasteiger partial charge in [-0.15, -0.1) is 0 Å². The number of carbonyl (C=O) groups is 1. The lowest BCUT2D eigenvalue weighted by Gasteiger charge is -2.32. The van der Waals surface area contributed by atoms with Gasteiger partial charge in [-0.2, -0.15) is 5.10 Å². The van der Waals surface area contributed by atoms with Crippen LogP contribution in [0.2, 0.25) is 0 Å². The lowest BCUT2D eigenvalue weighted by atomic mass is 10.0. The first-order valence-corrected chi connectivity index (χ1v) is 9.54. The Kier molecular flexibility index (Phi) is 5.95. The van der Waals surface area contributed by atoms with Gasteiger partial charge in [-0.25, -0.2) is 23.1 Å². The van der Waals surface area contributed by atoms with Gasteiger partial charge in [-0.05, 0) is 6.07 Å². The second-order valence-corrected chi connectivity index (χ2v) is 7.39. The third-order valence-corrected chi connectivity index (χ3v) is 5.10. The molecular weight excluding hydrogens is 433 g/mol. The highest BCUT2D eigenvalue weighted by atomic mass is 19.2. The predicted molar refractivity (Wildman–Crippen MR) is 104 cm³/mol. The minimum absolute atomic E-state index is 0.0179. The van der Waals surface area contributed by atoms with Gasteiger partial charge in [0.2, 0.25) is 0 Å². The van der Waals surface area contributed by atoms with E-state index in [1.165, 1.54) is 13.4 Å². The van der Waals surface area contributed by atoms with Crippen LogP contribution in [-0.2, 0) is 11.3 Å². The highest BCUT2D eigenvalue weighted by Gasteiger charge is 2.32. The Hall–Kier alpha value is -3.29. The second kappa shape index (κ2) is 8.68. The molecule has 3 atom stereocenters. The van der Waals surface area contributed by atoms with Crippen molar-refractivity contribution in [1.82, 2.24) is 25.1 Å². The maximum absolute atomic E-state index is 14.0. The molecule has 2 aromatic heterocycles. The third kappa shape index (κ3) is 4.09. The molecule has 0 spiro atoms. The van der Waals surface area contributed by atoms with E-state index in [0.29, 0.717) is 6.07 Å². The molecule has 4 rings (SSSR count). The van der Waals surface area contributed by atoms with E-state index in [2.05, 4.69) is 25.5 Å². The number of benzene rings is 1. The van der Waals surface area contributed by atoms with Gasteiger partial charge >= 0.3 is 0 Å². The van der Waals surface area contributed by atoms with E-state index in [1.54, 1.807) is 0 Å². The number of nitrogens with zero attached hydrogens (tertiary/aromatic N) is 4. The summed E-state index contributed by atoms with van der Waals surface area (Å²) in [5, 5.41) is 29.6. The maximum Gasteiger partial charge on any atom is 0.272 e. The molecule has 0 saturated carbocycles. The van der Waals surface area contributed by atoms with Gasteiger partial charge in [0.1, 0.15) is 35.9 Å². The van der Waals surface area contributed by atoms with Crippen LogP contribution in [0.15, 0.2) is 18.5 Å². The molecule has 0 radical (unpaired) electrons. The Bertz CT molecular complexity index is 1160. The van der Waals surface area contributed by atoms with Crippen molar-refractivity contribution in [2.75, 3.05) is 25.6 Å². The molecule has 4 N–H and O–H groups in total. The number of aromatic amines is 1. The normalized spacial score (nSPS) is 21.0. The van der Waals surface area contributed by atoms with Crippen LogP contribution in [0.4, 0.5) is 19.0 Å². The molecule has 32 heavy (non-hydrogen) atoms. The molecule has 10 nitrogen and oxygen atoms in total. The summed E-state index contributed by atoms with van der Waals surface area (Å²) in [7, 11) is 1.32. The predicted octanol–water partition coefficient (Wildman–Crippen LogP) is 0.575. The molecule has 0 unspecified atom stereocenters. The first-order valence-electron chi connectivity index (χ1n) is 9.54. The van der Waals surface area contributed by atoms with Crippen LogP contribution in [0.3, 0.4) is 0 Å². The molecular formula is C19H19F3N6O4. The number of aromatic nitrogens is 4. The summed E-state index contributed by atoms with van der Waals surface area (Å²) in [6.45, 7) is -0.358. The third-order valence-electron chi connectivity index (χ3n) is 5.10. The smallest absolute Gasteiger partial charge is 0.272 e. The summed E-state index contributed by atoms with van der Waals surface area (Å²) in [5.41, 5.74) is -0.267. The molecule has 1 aliphatic rings. The highest BCUT2D eigenvalue weighted by molar-refractivity contribution is 6.07. The Balaban J connectivity index is 1.62. The van der Waals surface area contributed by atoms with E-state index in [9.17, 15) is 28.2 Å². The van der Waals surface area contributed by atoms with Crippen LogP contribution < -0.4 is 5.32 Å². The van der Waals surface area contributed by atoms with E-state index in [-0.39, 0.29) is 41.3 Å². The van der Waals surface area contributed by atoms with Crippen LogP contribution in [0.5, 0.6) is 0 Å². The standard InChI is InChI=1S/C19H19F3N6O4/c1-28(4-8-2-9(20)3-10(21)14(8)22)19(31)15-13-17(23-7-24-18(13)27-26-15)25-11-5-32-6-12(29)16(11)30/h2-3,7,11-12,16,29-30H,4-6H2,1H3,(H2,23,24,25,26,27)/t11-,12-,16+/m1/s1. The van der Waals surface area contributed by atoms with Gasteiger partial charge in [-0.3, -0.25) is 9.89 Å². The van der Waals surface area contributed by atoms with Crippen LogP contribution in [0.25, 0.3) is 11.0 Å². The number of rotatable bonds is 5. The molecule has 1 aliphatic heterocycles. The van der Waals surface area contributed by atoms with Crippen LogP contribution >= 0.6 is 0 Å². The summed E-state index contributed by atoms with van der Waals surface area (Å²) >= 11 is 0. The van der Waals surface area contributed by atoms with Gasteiger partial charge < -0.3 is 25.2 Å². The van der Waals surface area contributed by atoms with E-state index in [1.807, 2.05) is 0 Å². The topological polar surface area (TPSA) is 136 Å². The summed E-state index contributed by atoms with van der Waals surface area (Å²) in [6, 6.07) is 0.495. The quantitative estimate of drug-likeness (QED) is 0.413. The number of H-pyrrole nitrogens is 1. The number of carbonyl (C=O) groups excluding carboxylic acids is 1. The number of ether oxygens (including phenoxy) is 1. The summed E-state index contributed by atoms with van der Waals surface area (Å²) in [4.78, 5) is 22.1. The zero-order valence-electron chi connectivity index (χ0n) is 16.7. The molecule has 1 saturated heterocycles. The molecule has 1 fully saturated rings. The molecule has 0 aliphatic carbocycles. The number of aliphatic hydroxyl groups is 2. The highest BCUT2D eigenvalue weighted by Crippen LogP contribution is 2.25. The molecule has 0 bridgehead atoms. The molecule has 1 amide bonds. The number of halogens is 3. The van der Waals surface area contributed by atoms with Gasteiger partial charge in [0.05, 0.1) is 24.6 Å². The number of nitrogens with one attached hydrogen (secondary N) is 2. The van der Waals surface area contributed by atoms with E-state index < -0.39 is 48.2 Å². The van der Waals surface area contributed by atoms with Crippen LogP contribution in [0, 0.1) is 17.5 Å². The Morgan fingerprint density at radius 1 is 1.28 bits per heavy atom. The van der Waals surface area contributed by atoms with E-state index in [4.69, 9.17) is 4.74 Å². The first kappa shape index (κ1) is 21.9. The Labute approximate surface area is 179 Å². The fourth-order valence-corrected chi connectivity index (χ4v) is 3.45. The largest absolute Gasteiger partial charge is 0.388 e. The first-order chi connectivity index (χ1) is 15.3. The molecule has 3 heterocycles. The SMILES string of the molecule is CN(Cc1cc(F)cc(F)c1F)C(=O)c1[nH]nc2ncnc(N[C@@H]3COC[C@@H](O)[C@H]3O)c12. The number of anilines is 1. The zero-order valence-corrected chi connectivity index (χ0v) is 16.7. The maximum atomic E-state index is 14.0. The van der Waals surface area contributed by atoms with Crippen molar-refractivity contribution in [3.05, 3.63) is 47.2 Å². The fraction of sp³-hybridized carbons (Fsp3) is 0.368. The fourth-order valence-electron chi connectivity index (χ4n) is 3.45. The number of amides is 1. The minimum atomic E-state index is -1.36. The van der Waals surface area contributed by atoms with Crippen molar-refractivity contribution in [3.63, 3.8) is 0 Å². The van der Waals surface area contributed by atoms with Crippen LogP contribution in [-0.4, -0.2) is 79.7 Å². The summed E-state index contributed by atoms with van der Waals surface area (Å²) in [5.74, 6) is -4.11. The summed E-state index contributed by atoms with van der Waals surface area (Å²) < 4.78 is 46.2. The number of hydrogen-bond acceptors (Lipinski definition) is 8. The molecule has 3 aromatic rings.